The number of methoxy groups -OCH3 is 1. The van der Waals surface area contributed by atoms with E-state index in [9.17, 15) is 4.79 Å². The van der Waals surface area contributed by atoms with Crippen LogP contribution in [0, 0.1) is 0 Å². The maximum Gasteiger partial charge on any atom is 0.306 e. The molecule has 0 unspecified atom stereocenters. The molecule has 0 aliphatic heterocycles. The first-order valence-corrected chi connectivity index (χ1v) is 3.28. The Morgan fingerprint density at radius 1 is 1.82 bits per heavy atom. The molecule has 4 nitrogen and oxygen atoms in total. The first-order chi connectivity index (χ1) is 5.33. The molecule has 0 spiro atoms. The van der Waals surface area contributed by atoms with E-state index in [1.807, 2.05) is 0 Å². The Morgan fingerprint density at radius 3 is 3.18 bits per heavy atom. The van der Waals surface area contributed by atoms with Gasteiger partial charge in [-0.1, -0.05) is 0 Å². The van der Waals surface area contributed by atoms with Gasteiger partial charge in [-0.2, -0.15) is 0 Å². The van der Waals surface area contributed by atoms with Crippen LogP contribution in [0.15, 0.2) is 16.9 Å². The topological polar surface area (TPSA) is 52.3 Å². The number of nitrogens with zero attached hydrogens (tertiary/aromatic N) is 1. The first kappa shape index (κ1) is 7.78. The highest BCUT2D eigenvalue weighted by Gasteiger charge is 2.03. The monoisotopic (exact) mass is 155 g/mol. The summed E-state index contributed by atoms with van der Waals surface area (Å²) in [6, 6.07) is 0. The maximum atomic E-state index is 10.6. The highest BCUT2D eigenvalue weighted by molar-refractivity contribution is 5.69. The van der Waals surface area contributed by atoms with Crippen LogP contribution in [0.3, 0.4) is 0 Å². The third kappa shape index (κ3) is 2.41. The van der Waals surface area contributed by atoms with Gasteiger partial charge in [0.15, 0.2) is 5.89 Å². The van der Waals surface area contributed by atoms with Gasteiger partial charge in [0, 0.05) is 6.42 Å². The Labute approximate surface area is 64.2 Å². The third-order valence-corrected chi connectivity index (χ3v) is 1.25. The molecule has 0 saturated carbocycles. The molecule has 0 N–H and O–H groups in total. The lowest BCUT2D eigenvalue weighted by molar-refractivity contribution is -0.140. The zero-order valence-electron chi connectivity index (χ0n) is 6.24. The molecule has 0 aliphatic rings. The van der Waals surface area contributed by atoms with Crippen molar-refractivity contribution in [2.45, 2.75) is 12.8 Å². The summed E-state index contributed by atoms with van der Waals surface area (Å²) in [7, 11) is 1.36. The number of esters is 1. The highest BCUT2D eigenvalue weighted by Crippen LogP contribution is 1.99. The molecule has 1 heterocycles. The fourth-order valence-corrected chi connectivity index (χ4v) is 0.687. The number of aryl methyl sites for hydroxylation is 1. The fourth-order valence-electron chi connectivity index (χ4n) is 0.687. The van der Waals surface area contributed by atoms with Crippen molar-refractivity contribution in [1.82, 2.24) is 4.98 Å². The lowest BCUT2D eigenvalue weighted by Gasteiger charge is -1.94. The van der Waals surface area contributed by atoms with Crippen molar-refractivity contribution in [1.29, 1.82) is 0 Å². The van der Waals surface area contributed by atoms with Crippen LogP contribution in [-0.2, 0) is 16.0 Å². The molecule has 4 heteroatoms. The smallest absolute Gasteiger partial charge is 0.306 e. The highest BCUT2D eigenvalue weighted by atomic mass is 16.5. The van der Waals surface area contributed by atoms with Crippen molar-refractivity contribution in [3.63, 3.8) is 0 Å². The van der Waals surface area contributed by atoms with E-state index in [0.717, 1.165) is 0 Å². The van der Waals surface area contributed by atoms with Crippen LogP contribution in [0.1, 0.15) is 12.3 Å². The zero-order chi connectivity index (χ0) is 8.10. The standard InChI is InChI=1S/C7H9NO3/c1-10-7(9)3-2-6-8-4-5-11-6/h4-5H,2-3H2,1H3. The van der Waals surface area contributed by atoms with Crippen LogP contribution >= 0.6 is 0 Å². The second-order valence-corrected chi connectivity index (χ2v) is 2.00. The van der Waals surface area contributed by atoms with Crippen LogP contribution < -0.4 is 0 Å². The molecule has 0 aromatic carbocycles. The van der Waals surface area contributed by atoms with Gasteiger partial charge in [-0.05, 0) is 0 Å². The van der Waals surface area contributed by atoms with Gasteiger partial charge in [0.05, 0.1) is 19.7 Å². The summed E-state index contributed by atoms with van der Waals surface area (Å²) >= 11 is 0. The minimum atomic E-state index is -0.247. The van der Waals surface area contributed by atoms with E-state index < -0.39 is 0 Å². The Bertz CT molecular complexity index is 218. The first-order valence-electron chi connectivity index (χ1n) is 3.28. The number of hydrogen-bond donors (Lipinski definition) is 0. The van der Waals surface area contributed by atoms with Gasteiger partial charge in [-0.25, -0.2) is 4.98 Å². The predicted molar refractivity (Wildman–Crippen MR) is 36.8 cm³/mol. The van der Waals surface area contributed by atoms with Crippen molar-refractivity contribution in [2.24, 2.45) is 0 Å². The summed E-state index contributed by atoms with van der Waals surface area (Å²) in [5.41, 5.74) is 0. The lowest BCUT2D eigenvalue weighted by atomic mass is 10.3. The number of ether oxygens (including phenoxy) is 1. The number of hydrogen-bond acceptors (Lipinski definition) is 4. The van der Waals surface area contributed by atoms with Crippen LogP contribution in [0.25, 0.3) is 0 Å². The van der Waals surface area contributed by atoms with E-state index >= 15 is 0 Å². The average molecular weight is 155 g/mol. The molecule has 0 radical (unpaired) electrons. The van der Waals surface area contributed by atoms with E-state index in [1.165, 1.54) is 13.4 Å². The predicted octanol–water partition coefficient (Wildman–Crippen LogP) is 0.780. The minimum absolute atomic E-state index is 0.247. The number of oxazole rings is 1. The van der Waals surface area contributed by atoms with Gasteiger partial charge in [0.1, 0.15) is 6.26 Å². The molecule has 0 bridgehead atoms. The molecule has 60 valence electrons. The Hall–Kier alpha value is -1.32. The van der Waals surface area contributed by atoms with Gasteiger partial charge >= 0.3 is 5.97 Å². The van der Waals surface area contributed by atoms with E-state index in [4.69, 9.17) is 4.42 Å². The molecule has 0 aliphatic carbocycles. The Kier molecular flexibility index (Phi) is 2.66. The largest absolute Gasteiger partial charge is 0.469 e. The van der Waals surface area contributed by atoms with Crippen molar-refractivity contribution < 1.29 is 13.9 Å². The van der Waals surface area contributed by atoms with Crippen molar-refractivity contribution in [3.05, 3.63) is 18.4 Å². The zero-order valence-corrected chi connectivity index (χ0v) is 6.24. The Morgan fingerprint density at radius 2 is 2.64 bits per heavy atom. The van der Waals surface area contributed by atoms with Crippen LogP contribution in [0.5, 0.6) is 0 Å². The van der Waals surface area contributed by atoms with Crippen LogP contribution in [0.2, 0.25) is 0 Å². The van der Waals surface area contributed by atoms with Gasteiger partial charge in [-0.15, -0.1) is 0 Å². The summed E-state index contributed by atoms with van der Waals surface area (Å²) in [6.45, 7) is 0. The number of carbonyl (C=O) groups excluding carboxylic acids is 1. The third-order valence-electron chi connectivity index (χ3n) is 1.25. The summed E-state index contributed by atoms with van der Waals surface area (Å²) in [5, 5.41) is 0. The van der Waals surface area contributed by atoms with Crippen molar-refractivity contribution in [2.75, 3.05) is 7.11 Å². The van der Waals surface area contributed by atoms with Crippen molar-refractivity contribution in [3.8, 4) is 0 Å². The number of rotatable bonds is 3. The summed E-state index contributed by atoms with van der Waals surface area (Å²) in [4.78, 5) is 14.5. The molecular formula is C7H9NO3. The second kappa shape index (κ2) is 3.75. The molecule has 0 fully saturated rings. The molecule has 1 rings (SSSR count). The maximum absolute atomic E-state index is 10.6. The summed E-state index contributed by atoms with van der Waals surface area (Å²) in [6.07, 6.45) is 3.84. The molecule has 1 aromatic rings. The van der Waals surface area contributed by atoms with Crippen LogP contribution in [-0.4, -0.2) is 18.1 Å². The van der Waals surface area contributed by atoms with Gasteiger partial charge in [-0.3, -0.25) is 4.79 Å². The Balaban J connectivity index is 2.29. The van der Waals surface area contributed by atoms with Crippen molar-refractivity contribution >= 4 is 5.97 Å². The lowest BCUT2D eigenvalue weighted by Crippen LogP contribution is -2.01. The number of aromatic nitrogens is 1. The van der Waals surface area contributed by atoms with E-state index in [1.54, 1.807) is 6.20 Å². The molecule has 0 atom stereocenters. The molecule has 0 amide bonds. The normalized spacial score (nSPS) is 9.55. The number of carbonyl (C=O) groups is 1. The summed E-state index contributed by atoms with van der Waals surface area (Å²) < 4.78 is 9.35. The minimum Gasteiger partial charge on any atom is -0.469 e. The fraction of sp³-hybridized carbons (Fsp3) is 0.429. The quantitative estimate of drug-likeness (QED) is 0.605. The molecular weight excluding hydrogens is 146 g/mol. The molecule has 1 aromatic heterocycles. The SMILES string of the molecule is COC(=O)CCc1ncco1. The van der Waals surface area contributed by atoms with Gasteiger partial charge in [0.2, 0.25) is 0 Å². The van der Waals surface area contributed by atoms with Gasteiger partial charge in [0.25, 0.3) is 0 Å². The molecule has 0 saturated heterocycles. The molecule has 11 heavy (non-hydrogen) atoms. The van der Waals surface area contributed by atoms with E-state index in [0.29, 0.717) is 18.7 Å². The summed E-state index contributed by atoms with van der Waals surface area (Å²) in [5.74, 6) is 0.318. The van der Waals surface area contributed by atoms with Crippen LogP contribution in [0.4, 0.5) is 0 Å². The average Bonchev–Trinajstić information content (AvgIpc) is 2.52. The second-order valence-electron chi connectivity index (χ2n) is 2.00. The van der Waals surface area contributed by atoms with E-state index in [2.05, 4.69) is 9.72 Å². The van der Waals surface area contributed by atoms with E-state index in [-0.39, 0.29) is 5.97 Å². The van der Waals surface area contributed by atoms with Gasteiger partial charge < -0.3 is 9.15 Å².